The van der Waals surface area contributed by atoms with Crippen LogP contribution in [0.5, 0.6) is 0 Å². The average Bonchev–Trinajstić information content (AvgIpc) is 2.22. The summed E-state index contributed by atoms with van der Waals surface area (Å²) in [6, 6.07) is 0. The molecule has 0 atom stereocenters. The lowest BCUT2D eigenvalue weighted by Crippen LogP contribution is -2.01. The first-order chi connectivity index (χ1) is 7.47. The van der Waals surface area contributed by atoms with Crippen molar-refractivity contribution in [1.29, 1.82) is 0 Å². The number of rotatable bonds is 5. The van der Waals surface area contributed by atoms with Crippen LogP contribution in [-0.2, 0) is 19.2 Å². The molecule has 0 spiro atoms. The van der Waals surface area contributed by atoms with Crippen molar-refractivity contribution in [3.63, 3.8) is 0 Å². The molecule has 94 valence electrons. The van der Waals surface area contributed by atoms with Crippen LogP contribution >= 0.6 is 0 Å². The fraction of sp³-hybridized carbons (Fsp3) is 0.667. The summed E-state index contributed by atoms with van der Waals surface area (Å²) in [5.41, 5.74) is 0. The van der Waals surface area contributed by atoms with Gasteiger partial charge in [-0.05, 0) is 12.8 Å². The predicted molar refractivity (Wildman–Crippen MR) is 63.3 cm³/mol. The maximum Gasteiger partial charge on any atom is 0.195 e. The minimum absolute atomic E-state index is 0.380. The molecule has 0 aromatic carbocycles. The third-order valence-corrected chi connectivity index (χ3v) is 1.31. The summed E-state index contributed by atoms with van der Waals surface area (Å²) in [5.74, 6) is -0.759. The van der Waals surface area contributed by atoms with Crippen molar-refractivity contribution < 1.29 is 19.2 Å². The summed E-state index contributed by atoms with van der Waals surface area (Å²) < 4.78 is 0. The first-order valence-electron chi connectivity index (χ1n) is 5.36. The number of carbonyl (C=O) groups is 4. The highest BCUT2D eigenvalue weighted by molar-refractivity contribution is 6.35. The molecule has 0 aromatic heterocycles. The van der Waals surface area contributed by atoms with E-state index in [1.54, 1.807) is 0 Å². The minimum Gasteiger partial charge on any atom is -0.303 e. The molecular weight excluding hydrogens is 208 g/mol. The molecule has 0 saturated heterocycles. The Morgan fingerprint density at radius 2 is 1.06 bits per heavy atom. The average molecular weight is 230 g/mol. The standard InChI is InChI=1S/C4H6O2.2C4H8O/c1-3(5)4(2)6;2*1-2-3-4-5/h1-2H3;2*4H,2-3H2,1H3. The molecule has 16 heavy (non-hydrogen) atoms. The highest BCUT2D eigenvalue weighted by Gasteiger charge is 1.94. The lowest BCUT2D eigenvalue weighted by molar-refractivity contribution is -0.134. The Hall–Kier alpha value is -1.32. The van der Waals surface area contributed by atoms with Crippen LogP contribution in [-0.4, -0.2) is 24.1 Å². The van der Waals surface area contributed by atoms with Gasteiger partial charge in [-0.1, -0.05) is 13.8 Å². The summed E-state index contributed by atoms with van der Waals surface area (Å²) in [7, 11) is 0. The Kier molecular flexibility index (Phi) is 24.3. The van der Waals surface area contributed by atoms with Gasteiger partial charge in [-0.2, -0.15) is 0 Å². The summed E-state index contributed by atoms with van der Waals surface area (Å²) in [6.07, 6.45) is 5.23. The highest BCUT2D eigenvalue weighted by Crippen LogP contribution is 1.75. The number of aldehydes is 2. The van der Waals surface area contributed by atoms with E-state index >= 15 is 0 Å². The molecular formula is C12H22O4. The van der Waals surface area contributed by atoms with Gasteiger partial charge in [-0.3, -0.25) is 9.59 Å². The quantitative estimate of drug-likeness (QED) is 0.536. The second kappa shape index (κ2) is 19.3. The van der Waals surface area contributed by atoms with Crippen LogP contribution in [0.1, 0.15) is 53.4 Å². The fourth-order valence-corrected chi connectivity index (χ4v) is 0.236. The number of hydrogen-bond acceptors (Lipinski definition) is 4. The van der Waals surface area contributed by atoms with Crippen molar-refractivity contribution >= 4 is 24.1 Å². The van der Waals surface area contributed by atoms with Crippen LogP contribution in [0.25, 0.3) is 0 Å². The number of carbonyl (C=O) groups excluding carboxylic acids is 4. The van der Waals surface area contributed by atoms with Gasteiger partial charge in [0.15, 0.2) is 11.6 Å². The summed E-state index contributed by atoms with van der Waals surface area (Å²) in [4.78, 5) is 38.4. The molecule has 0 N–H and O–H groups in total. The lowest BCUT2D eigenvalue weighted by Gasteiger charge is -1.73. The molecule has 0 fully saturated rings. The van der Waals surface area contributed by atoms with E-state index in [-0.39, 0.29) is 11.6 Å². The molecule has 0 rings (SSSR count). The third-order valence-electron chi connectivity index (χ3n) is 1.31. The van der Waals surface area contributed by atoms with Crippen LogP contribution in [0.15, 0.2) is 0 Å². The monoisotopic (exact) mass is 230 g/mol. The molecule has 4 nitrogen and oxygen atoms in total. The van der Waals surface area contributed by atoms with Crippen LogP contribution in [0.2, 0.25) is 0 Å². The van der Waals surface area contributed by atoms with Gasteiger partial charge in [-0.25, -0.2) is 0 Å². The fourth-order valence-electron chi connectivity index (χ4n) is 0.236. The van der Waals surface area contributed by atoms with Crippen molar-refractivity contribution in [1.82, 2.24) is 0 Å². The van der Waals surface area contributed by atoms with Gasteiger partial charge >= 0.3 is 0 Å². The number of unbranched alkanes of at least 4 members (excludes halogenated alkanes) is 2. The summed E-state index contributed by atoms with van der Waals surface area (Å²) in [6.45, 7) is 6.47. The van der Waals surface area contributed by atoms with Crippen molar-refractivity contribution in [3.8, 4) is 0 Å². The first kappa shape index (κ1) is 20.1. The van der Waals surface area contributed by atoms with Crippen LogP contribution in [0.3, 0.4) is 0 Å². The Balaban J connectivity index is -0.000000160. The molecule has 0 radical (unpaired) electrons. The van der Waals surface area contributed by atoms with Crippen molar-refractivity contribution in [2.75, 3.05) is 0 Å². The Labute approximate surface area is 97.4 Å². The second-order valence-electron chi connectivity index (χ2n) is 3.02. The van der Waals surface area contributed by atoms with E-state index in [9.17, 15) is 19.2 Å². The normalized spacial score (nSPS) is 7.50. The number of Topliss-reactive ketones (excluding diaryl/α,β-unsaturated/α-hetero) is 2. The van der Waals surface area contributed by atoms with Gasteiger partial charge in [0.2, 0.25) is 0 Å². The molecule has 0 saturated carbocycles. The van der Waals surface area contributed by atoms with Crippen LogP contribution < -0.4 is 0 Å². The van der Waals surface area contributed by atoms with Gasteiger partial charge in [0.1, 0.15) is 12.6 Å². The van der Waals surface area contributed by atoms with Crippen LogP contribution in [0.4, 0.5) is 0 Å². The lowest BCUT2D eigenvalue weighted by atomic mass is 10.3. The van der Waals surface area contributed by atoms with Gasteiger partial charge in [-0.15, -0.1) is 0 Å². The largest absolute Gasteiger partial charge is 0.303 e. The SMILES string of the molecule is CC(=O)C(C)=O.CCCC=O.CCCC=O. The molecule has 0 aliphatic carbocycles. The molecule has 0 heterocycles. The topological polar surface area (TPSA) is 68.3 Å². The molecule has 0 unspecified atom stereocenters. The zero-order valence-electron chi connectivity index (χ0n) is 10.6. The minimum atomic E-state index is -0.380. The van der Waals surface area contributed by atoms with E-state index in [1.807, 2.05) is 13.8 Å². The molecule has 4 heteroatoms. The number of hydrogen-bond donors (Lipinski definition) is 0. The van der Waals surface area contributed by atoms with Gasteiger partial charge in [0.25, 0.3) is 0 Å². The van der Waals surface area contributed by atoms with E-state index in [1.165, 1.54) is 13.8 Å². The van der Waals surface area contributed by atoms with Crippen molar-refractivity contribution in [2.24, 2.45) is 0 Å². The van der Waals surface area contributed by atoms with Crippen molar-refractivity contribution in [3.05, 3.63) is 0 Å². The van der Waals surface area contributed by atoms with E-state index < -0.39 is 0 Å². The maximum absolute atomic E-state index is 9.79. The number of ketones is 2. The van der Waals surface area contributed by atoms with E-state index in [0.29, 0.717) is 12.8 Å². The Morgan fingerprint density at radius 1 is 0.812 bits per heavy atom. The smallest absolute Gasteiger partial charge is 0.195 e. The van der Waals surface area contributed by atoms with Crippen LogP contribution in [0, 0.1) is 0 Å². The molecule has 0 bridgehead atoms. The van der Waals surface area contributed by atoms with Gasteiger partial charge in [0.05, 0.1) is 0 Å². The zero-order chi connectivity index (χ0) is 13.4. The van der Waals surface area contributed by atoms with Gasteiger partial charge < -0.3 is 9.59 Å². The predicted octanol–water partition coefficient (Wildman–Crippen LogP) is 2.14. The second-order valence-corrected chi connectivity index (χ2v) is 3.02. The molecule has 0 aromatic rings. The molecule has 0 aliphatic heterocycles. The van der Waals surface area contributed by atoms with E-state index in [0.717, 1.165) is 25.4 Å². The molecule has 0 aliphatic rings. The summed E-state index contributed by atoms with van der Waals surface area (Å²) >= 11 is 0. The maximum atomic E-state index is 9.79. The Morgan fingerprint density at radius 3 is 1.06 bits per heavy atom. The summed E-state index contributed by atoms with van der Waals surface area (Å²) in [5, 5.41) is 0. The van der Waals surface area contributed by atoms with Gasteiger partial charge in [0, 0.05) is 26.7 Å². The molecule has 0 amide bonds. The van der Waals surface area contributed by atoms with Crippen molar-refractivity contribution in [2.45, 2.75) is 53.4 Å². The first-order valence-corrected chi connectivity index (χ1v) is 5.36. The third kappa shape index (κ3) is 38.8. The van der Waals surface area contributed by atoms with E-state index in [2.05, 4.69) is 0 Å². The highest BCUT2D eigenvalue weighted by atomic mass is 16.2. The Bertz CT molecular complexity index is 175. The van der Waals surface area contributed by atoms with E-state index in [4.69, 9.17) is 0 Å². The zero-order valence-corrected chi connectivity index (χ0v) is 10.6.